The summed E-state index contributed by atoms with van der Waals surface area (Å²) in [5.74, 6) is 1.69. The fraction of sp³-hybridized carbons (Fsp3) is 0.333. The largest absolute Gasteiger partial charge is 0.355 e. The first-order valence-electron chi connectivity index (χ1n) is 7.25. The van der Waals surface area contributed by atoms with E-state index in [1.165, 1.54) is 0 Å². The van der Waals surface area contributed by atoms with Crippen molar-refractivity contribution >= 4 is 40.0 Å². The lowest BCUT2D eigenvalue weighted by Crippen LogP contribution is -2.27. The van der Waals surface area contributed by atoms with Crippen molar-refractivity contribution in [1.82, 2.24) is 25.5 Å². The molecule has 2 N–H and O–H groups in total. The second-order valence-corrected chi connectivity index (χ2v) is 7.66. The highest BCUT2D eigenvalue weighted by Gasteiger charge is 2.06. The van der Waals surface area contributed by atoms with Gasteiger partial charge in [-0.25, -0.2) is 4.98 Å². The molecule has 0 saturated carbocycles. The molecule has 6 nitrogen and oxygen atoms in total. The molecule has 1 aromatic carbocycles. The molecule has 0 unspecified atom stereocenters. The van der Waals surface area contributed by atoms with E-state index in [9.17, 15) is 4.79 Å². The number of H-pyrrole nitrogens is 1. The van der Waals surface area contributed by atoms with Crippen LogP contribution in [0.4, 0.5) is 0 Å². The summed E-state index contributed by atoms with van der Waals surface area (Å²) in [6.07, 6.45) is 0.372. The second-order valence-electron chi connectivity index (χ2n) is 5.14. The number of carbonyl (C=O) groups excluding carboxylic acids is 1. The monoisotopic (exact) mass is 347 g/mol. The van der Waals surface area contributed by atoms with Gasteiger partial charge < -0.3 is 10.3 Å². The molecule has 0 bridgehead atoms. The number of fused-ring (bicyclic) bond motifs is 1. The molecule has 0 fully saturated rings. The van der Waals surface area contributed by atoms with E-state index < -0.39 is 0 Å². The van der Waals surface area contributed by atoms with Gasteiger partial charge in [0.1, 0.15) is 10.8 Å². The molecule has 0 saturated heterocycles. The molecule has 23 heavy (non-hydrogen) atoms. The normalized spacial score (nSPS) is 11.0. The summed E-state index contributed by atoms with van der Waals surface area (Å²) in [7, 11) is 0. The summed E-state index contributed by atoms with van der Waals surface area (Å²) in [6.45, 7) is 4.47. The van der Waals surface area contributed by atoms with E-state index >= 15 is 0 Å². The molecule has 0 atom stereocenters. The Bertz CT molecular complexity index is 826. The molecule has 1 amide bonds. The van der Waals surface area contributed by atoms with Gasteiger partial charge in [-0.3, -0.25) is 4.79 Å². The highest BCUT2D eigenvalue weighted by molar-refractivity contribution is 8.01. The van der Waals surface area contributed by atoms with Crippen molar-refractivity contribution < 1.29 is 4.79 Å². The summed E-state index contributed by atoms with van der Waals surface area (Å²) in [5, 5.41) is 11.9. The van der Waals surface area contributed by atoms with Crippen LogP contribution in [0.3, 0.4) is 0 Å². The summed E-state index contributed by atoms with van der Waals surface area (Å²) in [5.41, 5.74) is 2.87. The molecule has 0 spiro atoms. The summed E-state index contributed by atoms with van der Waals surface area (Å²) in [6, 6.07) is 5.86. The molecule has 8 heteroatoms. The number of aromatic amines is 1. The SMILES string of the molecule is Cc1nc2ccc(CC(=O)NCCSc3nnc(C)s3)cc2[nH]1. The van der Waals surface area contributed by atoms with Gasteiger partial charge in [-0.15, -0.1) is 10.2 Å². The molecule has 2 heterocycles. The standard InChI is InChI=1S/C15H17N5OS2/c1-9-17-12-4-3-11(7-13(12)18-9)8-14(21)16-5-6-22-15-20-19-10(2)23-15/h3-4,7H,5-6,8H2,1-2H3,(H,16,21)(H,17,18). The van der Waals surface area contributed by atoms with E-state index in [1.807, 2.05) is 32.0 Å². The van der Waals surface area contributed by atoms with Gasteiger partial charge in [-0.2, -0.15) is 0 Å². The van der Waals surface area contributed by atoms with Gasteiger partial charge in [0.15, 0.2) is 4.34 Å². The van der Waals surface area contributed by atoms with Crippen LogP contribution in [0.15, 0.2) is 22.5 Å². The first-order valence-corrected chi connectivity index (χ1v) is 9.05. The van der Waals surface area contributed by atoms with Crippen molar-refractivity contribution in [2.45, 2.75) is 24.6 Å². The number of amides is 1. The highest BCUT2D eigenvalue weighted by atomic mass is 32.2. The molecule has 0 aliphatic rings. The molecule has 120 valence electrons. The average Bonchev–Trinajstić information content (AvgIpc) is 3.08. The average molecular weight is 347 g/mol. The van der Waals surface area contributed by atoms with E-state index in [1.54, 1.807) is 23.1 Å². The van der Waals surface area contributed by atoms with Gasteiger partial charge in [0, 0.05) is 12.3 Å². The van der Waals surface area contributed by atoms with Crippen molar-refractivity contribution in [3.05, 3.63) is 34.6 Å². The number of aryl methyl sites for hydroxylation is 2. The molecular weight excluding hydrogens is 330 g/mol. The molecular formula is C15H17N5OS2. The third-order valence-corrected chi connectivity index (χ3v) is 5.16. The van der Waals surface area contributed by atoms with Crippen molar-refractivity contribution in [1.29, 1.82) is 0 Å². The quantitative estimate of drug-likeness (QED) is 0.529. The minimum atomic E-state index is 0.0228. The smallest absolute Gasteiger partial charge is 0.224 e. The van der Waals surface area contributed by atoms with Crippen molar-refractivity contribution in [2.75, 3.05) is 12.3 Å². The maximum Gasteiger partial charge on any atom is 0.224 e. The zero-order chi connectivity index (χ0) is 16.2. The maximum atomic E-state index is 12.0. The number of nitrogens with zero attached hydrogens (tertiary/aromatic N) is 3. The van der Waals surface area contributed by atoms with E-state index in [0.29, 0.717) is 13.0 Å². The first kappa shape index (κ1) is 15.9. The number of benzene rings is 1. The molecule has 3 aromatic rings. The maximum absolute atomic E-state index is 12.0. The summed E-state index contributed by atoms with van der Waals surface area (Å²) < 4.78 is 0.941. The Morgan fingerprint density at radius 3 is 3.00 bits per heavy atom. The molecule has 0 aliphatic heterocycles. The Morgan fingerprint density at radius 1 is 1.35 bits per heavy atom. The van der Waals surface area contributed by atoms with E-state index in [4.69, 9.17) is 0 Å². The third kappa shape index (κ3) is 4.29. The molecule has 3 rings (SSSR count). The van der Waals surface area contributed by atoms with Crippen molar-refractivity contribution in [3.63, 3.8) is 0 Å². The first-order chi connectivity index (χ1) is 11.1. The van der Waals surface area contributed by atoms with Gasteiger partial charge in [0.05, 0.1) is 17.5 Å². The fourth-order valence-electron chi connectivity index (χ4n) is 2.21. The van der Waals surface area contributed by atoms with Crippen LogP contribution in [0.2, 0.25) is 0 Å². The Hall–Kier alpha value is -1.93. The van der Waals surface area contributed by atoms with Crippen LogP contribution in [0, 0.1) is 13.8 Å². The number of hydrogen-bond acceptors (Lipinski definition) is 6. The zero-order valence-electron chi connectivity index (χ0n) is 12.9. The van der Waals surface area contributed by atoms with Crippen LogP contribution >= 0.6 is 23.1 Å². The Kier molecular flexibility index (Phi) is 4.92. The van der Waals surface area contributed by atoms with Crippen LogP contribution in [0.1, 0.15) is 16.4 Å². The number of imidazole rings is 1. The molecule has 2 aromatic heterocycles. The van der Waals surface area contributed by atoms with Gasteiger partial charge in [0.2, 0.25) is 5.91 Å². The summed E-state index contributed by atoms with van der Waals surface area (Å²) >= 11 is 3.18. The van der Waals surface area contributed by atoms with Gasteiger partial charge in [0.25, 0.3) is 0 Å². The molecule has 0 radical (unpaired) electrons. The predicted molar refractivity (Wildman–Crippen MR) is 92.9 cm³/mol. The predicted octanol–water partition coefficient (Wildman–Crippen LogP) is 2.48. The molecule has 0 aliphatic carbocycles. The van der Waals surface area contributed by atoms with Crippen LogP contribution in [0.25, 0.3) is 11.0 Å². The van der Waals surface area contributed by atoms with Gasteiger partial charge in [-0.05, 0) is 31.5 Å². The fourth-order valence-corrected chi connectivity index (χ4v) is 3.95. The summed E-state index contributed by atoms with van der Waals surface area (Å²) in [4.78, 5) is 19.5. The Balaban J connectivity index is 1.46. The van der Waals surface area contributed by atoms with Crippen LogP contribution in [-0.2, 0) is 11.2 Å². The van der Waals surface area contributed by atoms with Crippen molar-refractivity contribution in [2.24, 2.45) is 0 Å². The minimum Gasteiger partial charge on any atom is -0.355 e. The lowest BCUT2D eigenvalue weighted by Gasteiger charge is -2.04. The lowest BCUT2D eigenvalue weighted by atomic mass is 10.1. The third-order valence-electron chi connectivity index (χ3n) is 3.19. The van der Waals surface area contributed by atoms with E-state index in [2.05, 4.69) is 25.5 Å². The highest BCUT2D eigenvalue weighted by Crippen LogP contribution is 2.21. The Morgan fingerprint density at radius 2 is 2.22 bits per heavy atom. The topological polar surface area (TPSA) is 83.6 Å². The number of rotatable bonds is 6. The van der Waals surface area contributed by atoms with Gasteiger partial charge in [-0.1, -0.05) is 29.2 Å². The van der Waals surface area contributed by atoms with E-state index in [-0.39, 0.29) is 5.91 Å². The number of aromatic nitrogens is 4. The number of nitrogens with one attached hydrogen (secondary N) is 2. The van der Waals surface area contributed by atoms with Crippen LogP contribution < -0.4 is 5.32 Å². The van der Waals surface area contributed by atoms with E-state index in [0.717, 1.165) is 37.5 Å². The van der Waals surface area contributed by atoms with Crippen LogP contribution in [-0.4, -0.2) is 38.4 Å². The number of hydrogen-bond donors (Lipinski definition) is 2. The van der Waals surface area contributed by atoms with Crippen molar-refractivity contribution in [3.8, 4) is 0 Å². The Labute approximate surface area is 142 Å². The number of carbonyl (C=O) groups is 1. The second kappa shape index (κ2) is 7.10. The van der Waals surface area contributed by atoms with Crippen LogP contribution in [0.5, 0.6) is 0 Å². The van der Waals surface area contributed by atoms with Gasteiger partial charge >= 0.3 is 0 Å². The minimum absolute atomic E-state index is 0.0228. The lowest BCUT2D eigenvalue weighted by molar-refractivity contribution is -0.120. The number of thioether (sulfide) groups is 1. The zero-order valence-corrected chi connectivity index (χ0v) is 14.6.